The number of amides is 1. The summed E-state index contributed by atoms with van der Waals surface area (Å²) in [6.45, 7) is 6.90. The van der Waals surface area contributed by atoms with E-state index in [9.17, 15) is 9.18 Å². The maximum atomic E-state index is 12.9. The lowest BCUT2D eigenvalue weighted by Gasteiger charge is -2.13. The van der Waals surface area contributed by atoms with Gasteiger partial charge < -0.3 is 10.1 Å². The molecule has 0 spiro atoms. The van der Waals surface area contributed by atoms with E-state index in [1.807, 2.05) is 32.9 Å². The third-order valence-electron chi connectivity index (χ3n) is 3.80. The van der Waals surface area contributed by atoms with Crippen molar-refractivity contribution in [3.63, 3.8) is 0 Å². The van der Waals surface area contributed by atoms with Gasteiger partial charge in [-0.25, -0.2) is 4.39 Å². The topological polar surface area (TPSA) is 38.3 Å². The number of hydrogen-bond donors (Lipinski definition) is 1. The Bertz CT molecular complexity index is 703. The zero-order chi connectivity index (χ0) is 18.2. The zero-order valence-corrected chi connectivity index (χ0v) is 15.7. The van der Waals surface area contributed by atoms with Crippen LogP contribution in [0.25, 0.3) is 0 Å². The molecule has 0 aromatic heterocycles. The number of carbonyl (C=O) groups excluding carboxylic acids is 1. The summed E-state index contributed by atoms with van der Waals surface area (Å²) in [6.07, 6.45) is 0. The Hall–Kier alpha value is -2.01. The van der Waals surface area contributed by atoms with Crippen molar-refractivity contribution in [1.82, 2.24) is 5.32 Å². The van der Waals surface area contributed by atoms with E-state index in [0.29, 0.717) is 13.2 Å². The van der Waals surface area contributed by atoms with Gasteiger partial charge in [-0.3, -0.25) is 4.79 Å². The van der Waals surface area contributed by atoms with E-state index >= 15 is 0 Å². The minimum atomic E-state index is -0.275. The van der Waals surface area contributed by atoms with Crippen LogP contribution in [0.3, 0.4) is 0 Å². The van der Waals surface area contributed by atoms with Crippen LogP contribution in [-0.2, 0) is 11.3 Å². The fraction of sp³-hybridized carbons (Fsp3) is 0.350. The van der Waals surface area contributed by atoms with Crippen LogP contribution in [0.5, 0.6) is 5.75 Å². The Morgan fingerprint density at radius 3 is 2.64 bits per heavy atom. The van der Waals surface area contributed by atoms with Crippen LogP contribution in [0.15, 0.2) is 42.5 Å². The predicted octanol–water partition coefficient (Wildman–Crippen LogP) is 4.26. The summed E-state index contributed by atoms with van der Waals surface area (Å²) in [7, 11) is 0. The number of aryl methyl sites for hydroxylation is 2. The van der Waals surface area contributed by atoms with E-state index in [4.69, 9.17) is 4.74 Å². The first-order chi connectivity index (χ1) is 12.0. The van der Waals surface area contributed by atoms with Gasteiger partial charge in [0.1, 0.15) is 11.6 Å². The molecule has 0 heterocycles. The molecule has 134 valence electrons. The van der Waals surface area contributed by atoms with Crippen molar-refractivity contribution >= 4 is 17.7 Å². The molecule has 2 rings (SSSR count). The molecule has 0 aliphatic heterocycles. The Labute approximate surface area is 153 Å². The zero-order valence-electron chi connectivity index (χ0n) is 14.8. The van der Waals surface area contributed by atoms with Gasteiger partial charge in [0.15, 0.2) is 0 Å². The summed E-state index contributed by atoms with van der Waals surface area (Å²) in [5, 5.41) is 2.71. The van der Waals surface area contributed by atoms with Crippen LogP contribution in [0, 0.1) is 19.7 Å². The number of hydrogen-bond acceptors (Lipinski definition) is 3. The molecule has 3 nitrogen and oxygen atoms in total. The number of carbonyl (C=O) groups is 1. The molecule has 0 saturated heterocycles. The molecule has 25 heavy (non-hydrogen) atoms. The standard InChI is InChI=1S/C20H24FNO2S/c1-14-4-5-15(2)19(12-14)24-10-11-25-16(3)20(23)22-13-17-6-8-18(21)9-7-17/h4-9,12,16H,10-11,13H2,1-3H3,(H,22,23). The first-order valence-corrected chi connectivity index (χ1v) is 9.34. The minimum absolute atomic E-state index is 0.0268. The van der Waals surface area contributed by atoms with Crippen LogP contribution in [0.1, 0.15) is 23.6 Å². The highest BCUT2D eigenvalue weighted by Crippen LogP contribution is 2.20. The van der Waals surface area contributed by atoms with Gasteiger partial charge in [-0.2, -0.15) is 0 Å². The van der Waals surface area contributed by atoms with Crippen LogP contribution < -0.4 is 10.1 Å². The smallest absolute Gasteiger partial charge is 0.233 e. The van der Waals surface area contributed by atoms with Gasteiger partial charge in [0, 0.05) is 12.3 Å². The molecule has 0 bridgehead atoms. The Kier molecular flexibility index (Phi) is 7.31. The third kappa shape index (κ3) is 6.42. The van der Waals surface area contributed by atoms with Gasteiger partial charge >= 0.3 is 0 Å². The Balaban J connectivity index is 1.68. The molecule has 1 N–H and O–H groups in total. The van der Waals surface area contributed by atoms with Crippen molar-refractivity contribution in [3.8, 4) is 5.75 Å². The molecule has 5 heteroatoms. The summed E-state index contributed by atoms with van der Waals surface area (Å²) in [5.74, 6) is 1.33. The summed E-state index contributed by atoms with van der Waals surface area (Å²) >= 11 is 1.55. The van der Waals surface area contributed by atoms with Gasteiger partial charge in [0.25, 0.3) is 0 Å². The Morgan fingerprint density at radius 1 is 1.20 bits per heavy atom. The van der Waals surface area contributed by atoms with E-state index in [-0.39, 0.29) is 17.0 Å². The second-order valence-corrected chi connectivity index (χ2v) is 7.42. The molecule has 0 saturated carbocycles. The fourth-order valence-electron chi connectivity index (χ4n) is 2.25. The van der Waals surface area contributed by atoms with E-state index < -0.39 is 0 Å². The van der Waals surface area contributed by atoms with Crippen LogP contribution in [0.2, 0.25) is 0 Å². The number of nitrogens with one attached hydrogen (secondary N) is 1. The second kappa shape index (κ2) is 9.47. The van der Waals surface area contributed by atoms with E-state index in [1.54, 1.807) is 23.9 Å². The van der Waals surface area contributed by atoms with Crippen molar-refractivity contribution in [2.45, 2.75) is 32.6 Å². The molecule has 0 radical (unpaired) electrons. The van der Waals surface area contributed by atoms with Crippen LogP contribution in [0.4, 0.5) is 4.39 Å². The molecule has 0 fully saturated rings. The highest BCUT2D eigenvalue weighted by molar-refractivity contribution is 8.00. The predicted molar refractivity (Wildman–Crippen MR) is 102 cm³/mol. The highest BCUT2D eigenvalue weighted by Gasteiger charge is 2.13. The van der Waals surface area contributed by atoms with Crippen molar-refractivity contribution in [2.24, 2.45) is 0 Å². The lowest BCUT2D eigenvalue weighted by atomic mass is 10.1. The lowest BCUT2D eigenvalue weighted by Crippen LogP contribution is -2.30. The van der Waals surface area contributed by atoms with Crippen molar-refractivity contribution < 1.29 is 13.9 Å². The molecule has 0 aliphatic carbocycles. The average Bonchev–Trinajstić information content (AvgIpc) is 2.60. The molecule has 1 atom stereocenters. The molecular weight excluding hydrogens is 337 g/mol. The van der Waals surface area contributed by atoms with E-state index in [0.717, 1.165) is 22.6 Å². The van der Waals surface area contributed by atoms with Gasteiger partial charge in [-0.05, 0) is 55.7 Å². The second-order valence-electron chi connectivity index (χ2n) is 5.97. The fourth-order valence-corrected chi connectivity index (χ4v) is 3.02. The Morgan fingerprint density at radius 2 is 1.92 bits per heavy atom. The van der Waals surface area contributed by atoms with Crippen molar-refractivity contribution in [3.05, 3.63) is 65.0 Å². The quantitative estimate of drug-likeness (QED) is 0.714. The number of benzene rings is 2. The summed E-state index contributed by atoms with van der Waals surface area (Å²) in [6, 6.07) is 12.3. The molecule has 2 aromatic carbocycles. The monoisotopic (exact) mass is 361 g/mol. The maximum Gasteiger partial charge on any atom is 0.233 e. The summed E-state index contributed by atoms with van der Waals surface area (Å²) < 4.78 is 18.7. The summed E-state index contributed by atoms with van der Waals surface area (Å²) in [4.78, 5) is 12.1. The largest absolute Gasteiger partial charge is 0.492 e. The van der Waals surface area contributed by atoms with Crippen molar-refractivity contribution in [2.75, 3.05) is 12.4 Å². The van der Waals surface area contributed by atoms with E-state index in [2.05, 4.69) is 11.4 Å². The summed E-state index contributed by atoms with van der Waals surface area (Å²) in [5.41, 5.74) is 3.16. The SMILES string of the molecule is Cc1ccc(C)c(OCCSC(C)C(=O)NCc2ccc(F)cc2)c1. The molecule has 1 amide bonds. The first-order valence-electron chi connectivity index (χ1n) is 8.29. The number of halogens is 1. The third-order valence-corrected chi connectivity index (χ3v) is 4.92. The lowest BCUT2D eigenvalue weighted by molar-refractivity contribution is -0.120. The van der Waals surface area contributed by atoms with Gasteiger partial charge in [-0.15, -0.1) is 11.8 Å². The van der Waals surface area contributed by atoms with Gasteiger partial charge in [0.05, 0.1) is 11.9 Å². The van der Waals surface area contributed by atoms with Crippen LogP contribution >= 0.6 is 11.8 Å². The van der Waals surface area contributed by atoms with Gasteiger partial charge in [-0.1, -0.05) is 24.3 Å². The molecule has 2 aromatic rings. The normalized spacial score (nSPS) is 11.8. The van der Waals surface area contributed by atoms with Gasteiger partial charge in [0.2, 0.25) is 5.91 Å². The number of thioether (sulfide) groups is 1. The average molecular weight is 361 g/mol. The molecule has 1 unspecified atom stereocenters. The molecule has 0 aliphatic rings. The number of rotatable bonds is 8. The number of ether oxygens (including phenoxy) is 1. The molecular formula is C20H24FNO2S. The van der Waals surface area contributed by atoms with Crippen molar-refractivity contribution in [1.29, 1.82) is 0 Å². The maximum absolute atomic E-state index is 12.9. The first kappa shape index (κ1) is 19.3. The highest BCUT2D eigenvalue weighted by atomic mass is 32.2. The van der Waals surface area contributed by atoms with E-state index in [1.165, 1.54) is 17.7 Å². The minimum Gasteiger partial charge on any atom is -0.492 e. The van der Waals surface area contributed by atoms with Crippen LogP contribution in [-0.4, -0.2) is 23.5 Å².